The quantitative estimate of drug-likeness (QED) is 0.403. The third-order valence-corrected chi connectivity index (χ3v) is 1.65. The highest BCUT2D eigenvalue weighted by Crippen LogP contribution is 1.95. The molecule has 0 aliphatic heterocycles. The van der Waals surface area contributed by atoms with Crippen LogP contribution in [0, 0.1) is 11.5 Å². The maximum Gasteiger partial charge on any atom is 0.295 e. The van der Waals surface area contributed by atoms with Crippen molar-refractivity contribution in [3.63, 3.8) is 0 Å². The molecule has 0 rings (SSSR count). The second kappa shape index (κ2) is 3.42. The molecular formula is C7H13NOSi. The number of rotatable bonds is 0. The molecule has 0 aromatic rings. The zero-order valence-electron chi connectivity index (χ0n) is 6.91. The summed E-state index contributed by atoms with van der Waals surface area (Å²) in [7, 11) is 0.226. The van der Waals surface area contributed by atoms with Crippen LogP contribution in [0.25, 0.3) is 0 Å². The molecule has 0 radical (unpaired) electrons. The summed E-state index contributed by atoms with van der Waals surface area (Å²) in [4.78, 5) is 10.6. The van der Waals surface area contributed by atoms with E-state index in [9.17, 15) is 4.79 Å². The van der Waals surface area contributed by atoms with Gasteiger partial charge in [-0.2, -0.15) is 0 Å². The van der Waals surface area contributed by atoms with E-state index in [1.807, 2.05) is 0 Å². The lowest BCUT2D eigenvalue weighted by Crippen LogP contribution is -2.20. The Morgan fingerprint density at radius 2 is 1.90 bits per heavy atom. The summed E-state index contributed by atoms with van der Waals surface area (Å²) in [5.41, 5.74) is 2.95. The summed E-state index contributed by atoms with van der Waals surface area (Å²) in [5.74, 6) is 2.34. The van der Waals surface area contributed by atoms with Gasteiger partial charge in [0, 0.05) is 7.05 Å². The van der Waals surface area contributed by atoms with Gasteiger partial charge in [-0.05, 0) is 5.92 Å². The molecule has 2 nitrogen and oxygen atoms in total. The van der Waals surface area contributed by atoms with Gasteiger partial charge in [-0.3, -0.25) is 4.79 Å². The molecule has 0 aromatic heterocycles. The zero-order chi connectivity index (χ0) is 8.20. The minimum atomic E-state index is -1.36. The molecule has 10 heavy (non-hydrogen) atoms. The Hall–Kier alpha value is -0.753. The molecule has 0 heterocycles. The molecular weight excluding hydrogens is 142 g/mol. The second-order valence-corrected chi connectivity index (χ2v) is 7.83. The third-order valence-electron chi connectivity index (χ3n) is 0.778. The van der Waals surface area contributed by atoms with Crippen LogP contribution in [0.4, 0.5) is 0 Å². The first-order valence-corrected chi connectivity index (χ1v) is 6.70. The van der Waals surface area contributed by atoms with E-state index in [0.717, 1.165) is 0 Å². The summed E-state index contributed by atoms with van der Waals surface area (Å²) in [6, 6.07) is 0. The van der Waals surface area contributed by atoms with Crippen molar-refractivity contribution < 1.29 is 4.79 Å². The summed E-state index contributed by atoms with van der Waals surface area (Å²) < 4.78 is 0. The predicted octanol–water partition coefficient (Wildman–Crippen LogP) is 0.613. The number of amides is 1. The number of hydrogen-bond donors (Lipinski definition) is 1. The summed E-state index contributed by atoms with van der Waals surface area (Å²) in [5, 5.41) is 2.45. The number of nitrogens with one attached hydrogen (secondary N) is 1. The molecule has 0 atom stereocenters. The van der Waals surface area contributed by atoms with Gasteiger partial charge in [0.15, 0.2) is 0 Å². The number of hydrogen-bond acceptors (Lipinski definition) is 1. The standard InChI is InChI=1S/C7H13NOSi/c1-8-7(9)5-6-10(2,3)4/h1-4H3,(H,8,9). The van der Waals surface area contributed by atoms with E-state index in [4.69, 9.17) is 0 Å². The Balaban J connectivity index is 4.05. The third kappa shape index (κ3) is 5.38. The molecule has 0 spiro atoms. The smallest absolute Gasteiger partial charge is 0.295 e. The van der Waals surface area contributed by atoms with Crippen LogP contribution in [0.2, 0.25) is 19.6 Å². The van der Waals surface area contributed by atoms with Crippen molar-refractivity contribution in [1.82, 2.24) is 5.32 Å². The van der Waals surface area contributed by atoms with Crippen molar-refractivity contribution in [3.8, 4) is 11.5 Å². The second-order valence-electron chi connectivity index (χ2n) is 3.08. The van der Waals surface area contributed by atoms with Gasteiger partial charge in [0.25, 0.3) is 5.91 Å². The largest absolute Gasteiger partial charge is 0.348 e. The summed E-state index contributed by atoms with van der Waals surface area (Å²) >= 11 is 0. The van der Waals surface area contributed by atoms with E-state index < -0.39 is 8.07 Å². The SMILES string of the molecule is CNC(=O)C#C[Si](C)(C)C. The van der Waals surface area contributed by atoms with E-state index in [1.54, 1.807) is 7.05 Å². The maximum absolute atomic E-state index is 10.6. The van der Waals surface area contributed by atoms with Gasteiger partial charge in [0.05, 0.1) is 0 Å². The molecule has 0 bridgehead atoms. The highest BCUT2D eigenvalue weighted by molar-refractivity contribution is 6.84. The first kappa shape index (κ1) is 9.25. The molecule has 1 N–H and O–H groups in total. The molecule has 0 aromatic carbocycles. The van der Waals surface area contributed by atoms with Gasteiger partial charge in [-0.15, -0.1) is 5.54 Å². The van der Waals surface area contributed by atoms with E-state index in [2.05, 4.69) is 36.4 Å². The fourth-order valence-electron chi connectivity index (χ4n) is 0.307. The highest BCUT2D eigenvalue weighted by atomic mass is 28.3. The van der Waals surface area contributed by atoms with Gasteiger partial charge in [-0.1, -0.05) is 19.6 Å². The Kier molecular flexibility index (Phi) is 3.17. The fraction of sp³-hybridized carbons (Fsp3) is 0.571. The lowest BCUT2D eigenvalue weighted by atomic mass is 10.6. The molecule has 56 valence electrons. The first-order valence-electron chi connectivity index (χ1n) is 3.20. The molecule has 3 heteroatoms. The maximum atomic E-state index is 10.6. The highest BCUT2D eigenvalue weighted by Gasteiger charge is 2.07. The Labute approximate surface area is 63.0 Å². The summed E-state index contributed by atoms with van der Waals surface area (Å²) in [6.07, 6.45) is 0. The van der Waals surface area contributed by atoms with Crippen molar-refractivity contribution in [3.05, 3.63) is 0 Å². The van der Waals surface area contributed by atoms with E-state index in [1.165, 1.54) is 0 Å². The van der Waals surface area contributed by atoms with Crippen LogP contribution in [-0.2, 0) is 4.79 Å². The average Bonchev–Trinajstić information content (AvgIpc) is 1.81. The van der Waals surface area contributed by atoms with E-state index in [-0.39, 0.29) is 5.91 Å². The van der Waals surface area contributed by atoms with E-state index >= 15 is 0 Å². The van der Waals surface area contributed by atoms with Gasteiger partial charge >= 0.3 is 0 Å². The Morgan fingerprint density at radius 3 is 2.20 bits per heavy atom. The van der Waals surface area contributed by atoms with Crippen molar-refractivity contribution in [2.24, 2.45) is 0 Å². The summed E-state index contributed by atoms with van der Waals surface area (Å²) in [6.45, 7) is 6.30. The lowest BCUT2D eigenvalue weighted by Gasteiger charge is -2.02. The monoisotopic (exact) mass is 155 g/mol. The normalized spacial score (nSPS) is 9.60. The van der Waals surface area contributed by atoms with Gasteiger partial charge in [0.1, 0.15) is 8.07 Å². The molecule has 0 saturated heterocycles. The van der Waals surface area contributed by atoms with E-state index in [0.29, 0.717) is 0 Å². The zero-order valence-corrected chi connectivity index (χ0v) is 7.91. The van der Waals surface area contributed by atoms with Crippen LogP contribution in [0.5, 0.6) is 0 Å². The van der Waals surface area contributed by atoms with Crippen LogP contribution in [0.1, 0.15) is 0 Å². The molecule has 0 saturated carbocycles. The molecule has 0 fully saturated rings. The van der Waals surface area contributed by atoms with Gasteiger partial charge < -0.3 is 5.32 Å². The van der Waals surface area contributed by atoms with Crippen molar-refractivity contribution in [1.29, 1.82) is 0 Å². The van der Waals surface area contributed by atoms with Crippen LogP contribution in [-0.4, -0.2) is 21.0 Å². The van der Waals surface area contributed by atoms with Crippen LogP contribution >= 0.6 is 0 Å². The predicted molar refractivity (Wildman–Crippen MR) is 45.2 cm³/mol. The molecule has 0 aliphatic carbocycles. The fourth-order valence-corrected chi connectivity index (χ4v) is 0.795. The minimum Gasteiger partial charge on any atom is -0.348 e. The average molecular weight is 155 g/mol. The van der Waals surface area contributed by atoms with Crippen LogP contribution in [0.15, 0.2) is 0 Å². The van der Waals surface area contributed by atoms with Crippen molar-refractivity contribution >= 4 is 14.0 Å². The van der Waals surface area contributed by atoms with Crippen molar-refractivity contribution in [2.45, 2.75) is 19.6 Å². The first-order chi connectivity index (χ1) is 4.45. The molecule has 0 unspecified atom stereocenters. The Bertz CT molecular complexity index is 182. The molecule has 0 aliphatic rings. The van der Waals surface area contributed by atoms with Gasteiger partial charge in [0.2, 0.25) is 0 Å². The van der Waals surface area contributed by atoms with Gasteiger partial charge in [-0.25, -0.2) is 0 Å². The van der Waals surface area contributed by atoms with Crippen LogP contribution < -0.4 is 5.32 Å². The Morgan fingerprint density at radius 1 is 1.40 bits per heavy atom. The molecule has 1 amide bonds. The number of carbonyl (C=O) groups is 1. The van der Waals surface area contributed by atoms with Crippen LogP contribution in [0.3, 0.4) is 0 Å². The lowest BCUT2D eigenvalue weighted by molar-refractivity contribution is -0.115. The topological polar surface area (TPSA) is 29.1 Å². The van der Waals surface area contributed by atoms with Crippen molar-refractivity contribution in [2.75, 3.05) is 7.05 Å². The number of carbonyl (C=O) groups excluding carboxylic acids is 1. The minimum absolute atomic E-state index is 0.192.